The molecule has 20 heavy (non-hydrogen) atoms. The molecule has 1 fully saturated rings. The molecule has 1 heterocycles. The number of hydrogen-bond donors (Lipinski definition) is 1. The van der Waals surface area contributed by atoms with E-state index in [1.54, 1.807) is 0 Å². The Labute approximate surface area is 123 Å². The maximum absolute atomic E-state index is 4.12. The lowest BCUT2D eigenvalue weighted by Crippen LogP contribution is -2.09. The van der Waals surface area contributed by atoms with E-state index >= 15 is 0 Å². The molecule has 0 radical (unpaired) electrons. The molecule has 6 heteroatoms. The smallest absolute Gasteiger partial charge is 0.170 e. The molecule has 0 atom stereocenters. The summed E-state index contributed by atoms with van der Waals surface area (Å²) in [5.41, 5.74) is 1.15. The van der Waals surface area contributed by atoms with Crippen LogP contribution in [0.1, 0.15) is 38.6 Å². The summed E-state index contributed by atoms with van der Waals surface area (Å²) in [4.78, 5) is 1.27. The van der Waals surface area contributed by atoms with Crippen LogP contribution in [-0.2, 0) is 6.54 Å². The van der Waals surface area contributed by atoms with Crippen LogP contribution in [0.4, 0.5) is 5.69 Å². The average molecular weight is 289 g/mol. The van der Waals surface area contributed by atoms with Crippen LogP contribution in [-0.4, -0.2) is 25.5 Å². The Morgan fingerprint density at radius 2 is 2.15 bits per heavy atom. The van der Waals surface area contributed by atoms with Crippen LogP contribution in [0.25, 0.3) is 0 Å². The molecule has 3 rings (SSSR count). The third kappa shape index (κ3) is 3.12. The van der Waals surface area contributed by atoms with Gasteiger partial charge in [0.25, 0.3) is 0 Å². The summed E-state index contributed by atoms with van der Waals surface area (Å²) in [6, 6.07) is 8.90. The summed E-state index contributed by atoms with van der Waals surface area (Å²) >= 11 is 1.86. The highest BCUT2D eigenvalue weighted by atomic mass is 32.2. The number of benzene rings is 1. The summed E-state index contributed by atoms with van der Waals surface area (Å²) < 4.78 is 1.95. The van der Waals surface area contributed by atoms with Crippen molar-refractivity contribution in [2.75, 3.05) is 5.32 Å². The van der Waals surface area contributed by atoms with Crippen LogP contribution in [0.2, 0.25) is 0 Å². The predicted octanol–water partition coefficient (Wildman–Crippen LogP) is 3.12. The van der Waals surface area contributed by atoms with Crippen LogP contribution in [0, 0.1) is 0 Å². The minimum Gasteiger partial charge on any atom is -0.377 e. The van der Waals surface area contributed by atoms with E-state index < -0.39 is 0 Å². The van der Waals surface area contributed by atoms with Gasteiger partial charge in [-0.25, -0.2) is 4.68 Å². The van der Waals surface area contributed by atoms with Crippen molar-refractivity contribution in [3.63, 3.8) is 0 Å². The Morgan fingerprint density at radius 3 is 2.90 bits per heavy atom. The number of rotatable bonds is 6. The SMILES string of the molecule is CC(C)Sc1ccccc1NCc1nnnn1C1CC1. The molecule has 0 spiro atoms. The van der Waals surface area contributed by atoms with Crippen molar-refractivity contribution in [2.24, 2.45) is 0 Å². The molecule has 1 aliphatic rings. The second kappa shape index (κ2) is 5.83. The van der Waals surface area contributed by atoms with Gasteiger partial charge in [0.15, 0.2) is 5.82 Å². The van der Waals surface area contributed by atoms with E-state index in [2.05, 4.69) is 59.0 Å². The van der Waals surface area contributed by atoms with Crippen LogP contribution in [0.15, 0.2) is 29.2 Å². The summed E-state index contributed by atoms with van der Waals surface area (Å²) in [6.07, 6.45) is 2.38. The minimum absolute atomic E-state index is 0.516. The molecule has 2 aromatic rings. The van der Waals surface area contributed by atoms with E-state index in [-0.39, 0.29) is 0 Å². The lowest BCUT2D eigenvalue weighted by atomic mass is 10.3. The Bertz CT molecular complexity index is 576. The summed E-state index contributed by atoms with van der Waals surface area (Å²) in [6.45, 7) is 5.07. The second-order valence-corrected chi connectivity index (χ2v) is 6.91. The van der Waals surface area contributed by atoms with Crippen molar-refractivity contribution < 1.29 is 0 Å². The van der Waals surface area contributed by atoms with E-state index in [1.165, 1.54) is 17.7 Å². The topological polar surface area (TPSA) is 55.6 Å². The van der Waals surface area contributed by atoms with Crippen molar-refractivity contribution in [3.05, 3.63) is 30.1 Å². The van der Waals surface area contributed by atoms with Gasteiger partial charge in [-0.2, -0.15) is 0 Å². The van der Waals surface area contributed by atoms with Gasteiger partial charge in [-0.1, -0.05) is 26.0 Å². The van der Waals surface area contributed by atoms with Crippen molar-refractivity contribution in [2.45, 2.75) is 49.4 Å². The van der Waals surface area contributed by atoms with Crippen molar-refractivity contribution in [3.8, 4) is 0 Å². The zero-order chi connectivity index (χ0) is 13.9. The van der Waals surface area contributed by atoms with E-state index in [1.807, 2.05) is 16.4 Å². The van der Waals surface area contributed by atoms with E-state index in [9.17, 15) is 0 Å². The molecule has 1 N–H and O–H groups in total. The van der Waals surface area contributed by atoms with Gasteiger partial charge in [0.05, 0.1) is 12.6 Å². The van der Waals surface area contributed by atoms with E-state index in [4.69, 9.17) is 0 Å². The molecule has 0 aliphatic heterocycles. The quantitative estimate of drug-likeness (QED) is 0.828. The van der Waals surface area contributed by atoms with Gasteiger partial charge in [-0.15, -0.1) is 16.9 Å². The zero-order valence-corrected chi connectivity index (χ0v) is 12.6. The molecule has 0 amide bonds. The van der Waals surface area contributed by atoms with Crippen LogP contribution >= 0.6 is 11.8 Å². The Kier molecular flexibility index (Phi) is 3.91. The van der Waals surface area contributed by atoms with Gasteiger partial charge >= 0.3 is 0 Å². The average Bonchev–Trinajstić information content (AvgIpc) is 3.16. The standard InChI is InChI=1S/C14H19N5S/c1-10(2)20-13-6-4-3-5-12(13)15-9-14-16-17-18-19(14)11-7-8-11/h3-6,10-11,15H,7-9H2,1-2H3. The number of para-hydroxylation sites is 1. The van der Waals surface area contributed by atoms with Crippen LogP contribution < -0.4 is 5.32 Å². The molecule has 0 bridgehead atoms. The molecule has 0 unspecified atom stereocenters. The molecule has 5 nitrogen and oxygen atoms in total. The highest BCUT2D eigenvalue weighted by molar-refractivity contribution is 8.00. The first kappa shape index (κ1) is 13.4. The fourth-order valence-corrected chi connectivity index (χ4v) is 3.01. The Balaban J connectivity index is 1.70. The van der Waals surface area contributed by atoms with Gasteiger partial charge in [0.1, 0.15) is 0 Å². The second-order valence-electron chi connectivity index (χ2n) is 5.29. The van der Waals surface area contributed by atoms with Gasteiger partial charge in [0.2, 0.25) is 0 Å². The Hall–Kier alpha value is -1.56. The molecular formula is C14H19N5S. The molecule has 106 valence electrons. The molecule has 1 aromatic carbocycles. The third-order valence-corrected chi connectivity index (χ3v) is 4.22. The zero-order valence-electron chi connectivity index (χ0n) is 11.8. The lowest BCUT2D eigenvalue weighted by molar-refractivity contribution is 0.586. The number of hydrogen-bond acceptors (Lipinski definition) is 5. The largest absolute Gasteiger partial charge is 0.377 e. The summed E-state index contributed by atoms with van der Waals surface area (Å²) in [5, 5.41) is 16.0. The maximum Gasteiger partial charge on any atom is 0.170 e. The minimum atomic E-state index is 0.516. The fourth-order valence-electron chi connectivity index (χ4n) is 2.08. The number of thioether (sulfide) groups is 1. The van der Waals surface area contributed by atoms with E-state index in [0.717, 1.165) is 11.5 Å². The highest BCUT2D eigenvalue weighted by Crippen LogP contribution is 2.35. The van der Waals surface area contributed by atoms with Crippen molar-refractivity contribution in [1.29, 1.82) is 0 Å². The monoisotopic (exact) mass is 289 g/mol. The first-order valence-corrected chi connectivity index (χ1v) is 7.88. The summed E-state index contributed by atoms with van der Waals surface area (Å²) in [7, 11) is 0. The normalized spacial score (nSPS) is 14.8. The molecule has 1 saturated carbocycles. The lowest BCUT2D eigenvalue weighted by Gasteiger charge is -2.13. The molecule has 1 aliphatic carbocycles. The van der Waals surface area contributed by atoms with Crippen LogP contribution in [0.5, 0.6) is 0 Å². The van der Waals surface area contributed by atoms with E-state index in [0.29, 0.717) is 17.8 Å². The van der Waals surface area contributed by atoms with Gasteiger partial charge in [-0.05, 0) is 35.4 Å². The molecular weight excluding hydrogens is 270 g/mol. The maximum atomic E-state index is 4.12. The van der Waals surface area contributed by atoms with Crippen molar-refractivity contribution >= 4 is 17.4 Å². The highest BCUT2D eigenvalue weighted by Gasteiger charge is 2.27. The van der Waals surface area contributed by atoms with Gasteiger partial charge in [-0.3, -0.25) is 0 Å². The number of tetrazole rings is 1. The third-order valence-electron chi connectivity index (χ3n) is 3.14. The molecule has 1 aromatic heterocycles. The first-order valence-electron chi connectivity index (χ1n) is 7.00. The predicted molar refractivity (Wildman–Crippen MR) is 80.8 cm³/mol. The fraction of sp³-hybridized carbons (Fsp3) is 0.500. The number of nitrogens with one attached hydrogen (secondary N) is 1. The van der Waals surface area contributed by atoms with Crippen molar-refractivity contribution in [1.82, 2.24) is 20.2 Å². The van der Waals surface area contributed by atoms with Crippen LogP contribution in [0.3, 0.4) is 0 Å². The number of aromatic nitrogens is 4. The summed E-state index contributed by atoms with van der Waals surface area (Å²) in [5.74, 6) is 0.914. The Morgan fingerprint density at radius 1 is 1.35 bits per heavy atom. The van der Waals surface area contributed by atoms with Gasteiger partial charge < -0.3 is 5.32 Å². The first-order chi connectivity index (χ1) is 9.74. The number of anilines is 1. The van der Waals surface area contributed by atoms with Gasteiger partial charge in [0, 0.05) is 15.8 Å². The number of nitrogens with zero attached hydrogens (tertiary/aromatic N) is 4. The molecule has 0 saturated heterocycles.